The number of nitrogens with one attached hydrogen (secondary N) is 1. The molecule has 0 saturated carbocycles. The number of nitro groups is 1. The number of rotatable bonds is 5. The molecule has 0 aliphatic carbocycles. The van der Waals surface area contributed by atoms with E-state index in [1.807, 2.05) is 0 Å². The highest BCUT2D eigenvalue weighted by Crippen LogP contribution is 2.28. The Kier molecular flexibility index (Phi) is 4.39. The molecule has 1 heterocycles. The van der Waals surface area contributed by atoms with Crippen LogP contribution in [0.4, 0.5) is 11.4 Å². The molecule has 1 aromatic carbocycles. The summed E-state index contributed by atoms with van der Waals surface area (Å²) in [6, 6.07) is 3.62. The summed E-state index contributed by atoms with van der Waals surface area (Å²) in [5.41, 5.74) is -1.27. The number of nitrogens with zero attached hydrogens (tertiary/aromatic N) is 1. The van der Waals surface area contributed by atoms with E-state index in [4.69, 9.17) is 9.84 Å². The number of carboxylic acid groups (broad SMARTS) is 1. The van der Waals surface area contributed by atoms with Gasteiger partial charge in [0.1, 0.15) is 5.69 Å². The molecule has 8 nitrogen and oxygen atoms in total. The van der Waals surface area contributed by atoms with Gasteiger partial charge in [-0.3, -0.25) is 10.1 Å². The number of aliphatic hydroxyl groups is 1. The first kappa shape index (κ1) is 15.2. The predicted octanol–water partition coefficient (Wildman–Crippen LogP) is 1.25. The highest BCUT2D eigenvalue weighted by atomic mass is 16.6. The number of hydrogen-bond acceptors (Lipinski definition) is 6. The molecule has 0 aromatic heterocycles. The zero-order valence-corrected chi connectivity index (χ0v) is 11.2. The van der Waals surface area contributed by atoms with Crippen LogP contribution in [0.2, 0.25) is 0 Å². The molecule has 0 radical (unpaired) electrons. The van der Waals surface area contributed by atoms with Gasteiger partial charge in [0.15, 0.2) is 0 Å². The van der Waals surface area contributed by atoms with Crippen LogP contribution in [-0.4, -0.2) is 46.5 Å². The Hall–Kier alpha value is -2.19. The summed E-state index contributed by atoms with van der Waals surface area (Å²) in [7, 11) is 0. The number of carbonyl (C=O) groups is 1. The molecule has 0 spiro atoms. The zero-order chi connectivity index (χ0) is 15.5. The second-order valence-corrected chi connectivity index (χ2v) is 4.98. The van der Waals surface area contributed by atoms with Crippen molar-refractivity contribution in [2.45, 2.75) is 18.4 Å². The lowest BCUT2D eigenvalue weighted by Crippen LogP contribution is -2.42. The van der Waals surface area contributed by atoms with E-state index in [2.05, 4.69) is 5.32 Å². The SMILES string of the molecule is O=C(O)c1ccc(NCC2(O)CCOCC2)c([N+](=O)[O-])c1. The number of nitro benzene ring substituents is 1. The van der Waals surface area contributed by atoms with Gasteiger partial charge in [-0.1, -0.05) is 0 Å². The van der Waals surface area contributed by atoms with E-state index in [-0.39, 0.29) is 23.5 Å². The molecule has 114 valence electrons. The summed E-state index contributed by atoms with van der Waals surface area (Å²) in [4.78, 5) is 21.2. The third kappa shape index (κ3) is 3.67. The lowest BCUT2D eigenvalue weighted by atomic mass is 9.94. The molecule has 8 heteroatoms. The highest BCUT2D eigenvalue weighted by Gasteiger charge is 2.30. The van der Waals surface area contributed by atoms with Crippen LogP contribution >= 0.6 is 0 Å². The van der Waals surface area contributed by atoms with Crippen molar-refractivity contribution in [3.8, 4) is 0 Å². The fraction of sp³-hybridized carbons (Fsp3) is 0.462. The van der Waals surface area contributed by atoms with Crippen LogP contribution in [-0.2, 0) is 4.74 Å². The quantitative estimate of drug-likeness (QED) is 0.552. The molecular weight excluding hydrogens is 280 g/mol. The van der Waals surface area contributed by atoms with Crippen molar-refractivity contribution in [1.29, 1.82) is 0 Å². The Morgan fingerprint density at radius 1 is 1.43 bits per heavy atom. The third-order valence-corrected chi connectivity index (χ3v) is 3.47. The molecular formula is C13H16N2O6. The number of anilines is 1. The van der Waals surface area contributed by atoms with Crippen molar-refractivity contribution in [1.82, 2.24) is 0 Å². The average Bonchev–Trinajstić information content (AvgIpc) is 2.45. The smallest absolute Gasteiger partial charge is 0.335 e. The Balaban J connectivity index is 2.15. The van der Waals surface area contributed by atoms with E-state index >= 15 is 0 Å². The van der Waals surface area contributed by atoms with Crippen molar-refractivity contribution in [3.63, 3.8) is 0 Å². The third-order valence-electron chi connectivity index (χ3n) is 3.47. The van der Waals surface area contributed by atoms with Crippen LogP contribution in [0.15, 0.2) is 18.2 Å². The molecule has 1 aromatic rings. The molecule has 1 aliphatic rings. The van der Waals surface area contributed by atoms with Crippen LogP contribution in [0, 0.1) is 10.1 Å². The van der Waals surface area contributed by atoms with Gasteiger partial charge in [-0.2, -0.15) is 0 Å². The van der Waals surface area contributed by atoms with Crippen LogP contribution in [0.5, 0.6) is 0 Å². The summed E-state index contributed by atoms with van der Waals surface area (Å²) >= 11 is 0. The van der Waals surface area contributed by atoms with Gasteiger partial charge in [-0.25, -0.2) is 4.79 Å². The normalized spacial score (nSPS) is 17.2. The van der Waals surface area contributed by atoms with E-state index < -0.39 is 16.5 Å². The second kappa shape index (κ2) is 6.06. The number of benzene rings is 1. The molecule has 0 amide bonds. The molecule has 0 bridgehead atoms. The van der Waals surface area contributed by atoms with Crippen molar-refractivity contribution < 1.29 is 24.7 Å². The summed E-state index contributed by atoms with van der Waals surface area (Å²) < 4.78 is 5.16. The minimum atomic E-state index is -1.23. The fourth-order valence-corrected chi connectivity index (χ4v) is 2.15. The molecule has 3 N–H and O–H groups in total. The Morgan fingerprint density at radius 3 is 2.67 bits per heavy atom. The van der Waals surface area contributed by atoms with Gasteiger partial charge in [0, 0.05) is 38.7 Å². The van der Waals surface area contributed by atoms with E-state index in [9.17, 15) is 20.0 Å². The Labute approximate surface area is 120 Å². The molecule has 2 rings (SSSR count). The minimum Gasteiger partial charge on any atom is -0.478 e. The van der Waals surface area contributed by atoms with E-state index in [1.165, 1.54) is 12.1 Å². The van der Waals surface area contributed by atoms with Crippen molar-refractivity contribution >= 4 is 17.3 Å². The standard InChI is InChI=1S/C13H16N2O6/c16-12(17)9-1-2-10(11(7-9)15(19)20)14-8-13(18)3-5-21-6-4-13/h1-2,7,14,18H,3-6,8H2,(H,16,17). The zero-order valence-electron chi connectivity index (χ0n) is 11.2. The predicted molar refractivity (Wildman–Crippen MR) is 73.5 cm³/mol. The summed E-state index contributed by atoms with van der Waals surface area (Å²) in [6.07, 6.45) is 0.891. The van der Waals surface area contributed by atoms with Crippen molar-refractivity contribution in [2.24, 2.45) is 0 Å². The monoisotopic (exact) mass is 296 g/mol. The summed E-state index contributed by atoms with van der Waals surface area (Å²) in [6.45, 7) is 1.03. The van der Waals surface area contributed by atoms with Gasteiger partial charge in [0.05, 0.1) is 16.1 Å². The molecule has 1 fully saturated rings. The summed E-state index contributed by atoms with van der Waals surface area (Å²) in [5, 5.41) is 33.0. The van der Waals surface area contributed by atoms with Crippen LogP contribution < -0.4 is 5.32 Å². The van der Waals surface area contributed by atoms with Gasteiger partial charge < -0.3 is 20.3 Å². The van der Waals surface area contributed by atoms with Crippen molar-refractivity contribution in [2.75, 3.05) is 25.1 Å². The first-order chi connectivity index (χ1) is 9.91. The fourth-order valence-electron chi connectivity index (χ4n) is 2.15. The van der Waals surface area contributed by atoms with Crippen LogP contribution in [0.3, 0.4) is 0 Å². The molecule has 0 unspecified atom stereocenters. The van der Waals surface area contributed by atoms with Gasteiger partial charge >= 0.3 is 5.97 Å². The van der Waals surface area contributed by atoms with Gasteiger partial charge in [0.25, 0.3) is 5.69 Å². The summed E-state index contributed by atoms with van der Waals surface area (Å²) in [5.74, 6) is -1.23. The highest BCUT2D eigenvalue weighted by molar-refractivity contribution is 5.89. The van der Waals surface area contributed by atoms with Gasteiger partial charge in [-0.05, 0) is 12.1 Å². The maximum Gasteiger partial charge on any atom is 0.335 e. The number of aromatic carboxylic acids is 1. The lowest BCUT2D eigenvalue weighted by Gasteiger charge is -2.32. The van der Waals surface area contributed by atoms with Gasteiger partial charge in [0.2, 0.25) is 0 Å². The Bertz CT molecular complexity index is 554. The molecule has 0 atom stereocenters. The van der Waals surface area contributed by atoms with E-state index in [1.54, 1.807) is 0 Å². The first-order valence-corrected chi connectivity index (χ1v) is 6.47. The van der Waals surface area contributed by atoms with Crippen LogP contribution in [0.25, 0.3) is 0 Å². The second-order valence-electron chi connectivity index (χ2n) is 4.98. The van der Waals surface area contributed by atoms with E-state index in [0.29, 0.717) is 26.1 Å². The number of carboxylic acids is 1. The largest absolute Gasteiger partial charge is 0.478 e. The van der Waals surface area contributed by atoms with Gasteiger partial charge in [-0.15, -0.1) is 0 Å². The molecule has 21 heavy (non-hydrogen) atoms. The van der Waals surface area contributed by atoms with Crippen LogP contribution in [0.1, 0.15) is 23.2 Å². The van der Waals surface area contributed by atoms with E-state index in [0.717, 1.165) is 6.07 Å². The Morgan fingerprint density at radius 2 is 2.10 bits per heavy atom. The van der Waals surface area contributed by atoms with Crippen molar-refractivity contribution in [3.05, 3.63) is 33.9 Å². The molecule has 1 saturated heterocycles. The number of hydrogen-bond donors (Lipinski definition) is 3. The molecule has 1 aliphatic heterocycles. The number of ether oxygens (including phenoxy) is 1. The minimum absolute atomic E-state index is 0.142. The average molecular weight is 296 g/mol. The maximum atomic E-state index is 11.0. The topological polar surface area (TPSA) is 122 Å². The lowest BCUT2D eigenvalue weighted by molar-refractivity contribution is -0.384. The first-order valence-electron chi connectivity index (χ1n) is 6.47. The maximum absolute atomic E-state index is 11.0.